The van der Waals surface area contributed by atoms with Crippen LogP contribution in [0.3, 0.4) is 0 Å². The normalized spacial score (nSPS) is 13.0. The van der Waals surface area contributed by atoms with Crippen LogP contribution in [0.4, 0.5) is 11.4 Å². The zero-order chi connectivity index (χ0) is 24.9. The van der Waals surface area contributed by atoms with Crippen molar-refractivity contribution >= 4 is 56.5 Å². The largest absolute Gasteiger partial charge is 0.480 e. The minimum absolute atomic E-state index is 0.101. The van der Waals surface area contributed by atoms with E-state index in [1.54, 1.807) is 23.1 Å². The summed E-state index contributed by atoms with van der Waals surface area (Å²) in [6.07, 6.45) is 0.489. The van der Waals surface area contributed by atoms with E-state index in [0.717, 1.165) is 21.8 Å². The molecule has 0 bridgehead atoms. The van der Waals surface area contributed by atoms with Gasteiger partial charge in [-0.1, -0.05) is 43.3 Å². The lowest BCUT2D eigenvalue weighted by Gasteiger charge is -2.28. The Morgan fingerprint density at radius 3 is 2.31 bits per heavy atom. The van der Waals surface area contributed by atoms with Crippen LogP contribution in [0.15, 0.2) is 77.2 Å². The zero-order valence-electron chi connectivity index (χ0n) is 19.2. The van der Waals surface area contributed by atoms with Crippen molar-refractivity contribution in [1.82, 2.24) is 0 Å². The molecule has 3 aromatic carbocycles. The van der Waals surface area contributed by atoms with Gasteiger partial charge in [0.15, 0.2) is 0 Å². The van der Waals surface area contributed by atoms with E-state index < -0.39 is 23.3 Å². The third-order valence-corrected chi connectivity index (χ3v) is 6.60. The van der Waals surface area contributed by atoms with Gasteiger partial charge in [-0.2, -0.15) is 0 Å². The summed E-state index contributed by atoms with van der Waals surface area (Å²) < 4.78 is 29.1. The molecule has 1 amide bonds. The number of anilines is 2. The Morgan fingerprint density at radius 1 is 0.943 bits per heavy atom. The Morgan fingerprint density at radius 2 is 1.63 bits per heavy atom. The van der Waals surface area contributed by atoms with Gasteiger partial charge in [0.2, 0.25) is 5.91 Å². The van der Waals surface area contributed by atoms with Crippen molar-refractivity contribution in [3.8, 4) is 0 Å². The molecule has 0 spiro atoms. The number of para-hydroxylation sites is 2. The standard InChI is InChI=1S/C26H26N2O6S/c1-2-16-27(18-8-4-3-5-9-18)25(29)15-13-22(26(30)31)28(35(32)33)19-12-14-24-21(17-19)20-10-6-7-11-23(20)34-24/h3-12,14,17,22H,2,13,15-16H2,1H3,(H,30,31)(H,32,33). The average Bonchev–Trinajstić information content (AvgIpc) is 3.23. The molecular formula is C26H26N2O6S. The maximum atomic E-state index is 13.0. The number of rotatable bonds is 10. The Bertz CT molecular complexity index is 1370. The van der Waals surface area contributed by atoms with Crippen molar-refractivity contribution in [3.63, 3.8) is 0 Å². The number of nitrogens with zero attached hydrogens (tertiary/aromatic N) is 2. The van der Waals surface area contributed by atoms with Crippen LogP contribution in [0.25, 0.3) is 21.9 Å². The molecule has 0 aliphatic carbocycles. The van der Waals surface area contributed by atoms with Gasteiger partial charge in [0, 0.05) is 29.4 Å². The number of carbonyl (C=O) groups excluding carboxylic acids is 1. The molecule has 2 N–H and O–H groups in total. The highest BCUT2D eigenvalue weighted by molar-refractivity contribution is 7.80. The van der Waals surface area contributed by atoms with Gasteiger partial charge in [0.25, 0.3) is 11.3 Å². The highest BCUT2D eigenvalue weighted by Crippen LogP contribution is 2.33. The first kappa shape index (κ1) is 24.4. The van der Waals surface area contributed by atoms with E-state index in [0.29, 0.717) is 23.1 Å². The first-order valence-electron chi connectivity index (χ1n) is 11.3. The van der Waals surface area contributed by atoms with Crippen molar-refractivity contribution in [3.05, 3.63) is 72.8 Å². The number of hydrogen-bond donors (Lipinski definition) is 2. The lowest BCUT2D eigenvalue weighted by atomic mass is 10.1. The summed E-state index contributed by atoms with van der Waals surface area (Å²) in [5.74, 6) is -1.54. The van der Waals surface area contributed by atoms with Crippen LogP contribution < -0.4 is 9.21 Å². The Kier molecular flexibility index (Phi) is 7.48. The number of fused-ring (bicyclic) bond motifs is 3. The van der Waals surface area contributed by atoms with E-state index >= 15 is 0 Å². The molecule has 2 atom stereocenters. The molecule has 0 saturated carbocycles. The molecule has 4 aromatic rings. The molecule has 35 heavy (non-hydrogen) atoms. The fourth-order valence-electron chi connectivity index (χ4n) is 4.20. The minimum Gasteiger partial charge on any atom is -0.480 e. The van der Waals surface area contributed by atoms with Crippen LogP contribution in [0.2, 0.25) is 0 Å². The maximum absolute atomic E-state index is 13.0. The van der Waals surface area contributed by atoms with Crippen molar-refractivity contribution in [2.45, 2.75) is 32.2 Å². The number of aliphatic carboxylic acids is 1. The maximum Gasteiger partial charge on any atom is 0.327 e. The molecule has 0 saturated heterocycles. The number of carbonyl (C=O) groups is 2. The fraction of sp³-hybridized carbons (Fsp3) is 0.231. The van der Waals surface area contributed by atoms with Gasteiger partial charge in [0.05, 0.1) is 5.69 Å². The summed E-state index contributed by atoms with van der Waals surface area (Å²) in [6.45, 7) is 2.44. The second kappa shape index (κ2) is 10.7. The van der Waals surface area contributed by atoms with E-state index in [1.165, 1.54) is 0 Å². The van der Waals surface area contributed by atoms with E-state index in [2.05, 4.69) is 0 Å². The lowest BCUT2D eigenvalue weighted by Crippen LogP contribution is -2.43. The molecule has 9 heteroatoms. The molecule has 0 fully saturated rings. The van der Waals surface area contributed by atoms with Crippen LogP contribution in [0, 0.1) is 0 Å². The molecule has 182 valence electrons. The molecule has 1 aromatic heterocycles. The minimum atomic E-state index is -2.64. The number of hydrogen-bond acceptors (Lipinski definition) is 4. The number of amides is 1. The van der Waals surface area contributed by atoms with Crippen LogP contribution in [0.1, 0.15) is 26.2 Å². The summed E-state index contributed by atoms with van der Waals surface area (Å²) in [5, 5.41) is 11.5. The number of carboxylic acid groups (broad SMARTS) is 1. The lowest BCUT2D eigenvalue weighted by molar-refractivity contribution is -0.138. The molecular weight excluding hydrogens is 468 g/mol. The Balaban J connectivity index is 1.62. The molecule has 0 radical (unpaired) electrons. The molecule has 8 nitrogen and oxygen atoms in total. The average molecular weight is 495 g/mol. The van der Waals surface area contributed by atoms with Crippen LogP contribution in [-0.2, 0) is 20.9 Å². The molecule has 4 rings (SSSR count). The Labute approximate surface area is 205 Å². The molecule has 0 aliphatic heterocycles. The van der Waals surface area contributed by atoms with Gasteiger partial charge >= 0.3 is 5.97 Å². The zero-order valence-corrected chi connectivity index (χ0v) is 20.0. The Hall–Kier alpha value is -3.69. The summed E-state index contributed by atoms with van der Waals surface area (Å²) in [7, 11) is 0. The number of benzene rings is 3. The summed E-state index contributed by atoms with van der Waals surface area (Å²) in [5.41, 5.74) is 2.22. The molecule has 0 aliphatic rings. The van der Waals surface area contributed by atoms with E-state index in [-0.39, 0.29) is 24.4 Å². The van der Waals surface area contributed by atoms with Gasteiger partial charge in [0.1, 0.15) is 17.2 Å². The second-order valence-corrected chi connectivity index (χ2v) is 8.96. The molecule has 1 heterocycles. The van der Waals surface area contributed by atoms with Crippen LogP contribution in [-0.4, -0.2) is 38.3 Å². The number of carboxylic acids is 1. The predicted octanol–water partition coefficient (Wildman–Crippen LogP) is 5.21. The summed E-state index contributed by atoms with van der Waals surface area (Å²) >= 11 is -2.64. The number of furan rings is 1. The highest BCUT2D eigenvalue weighted by Gasteiger charge is 2.32. The van der Waals surface area contributed by atoms with E-state index in [4.69, 9.17) is 4.42 Å². The molecule has 2 unspecified atom stereocenters. The van der Waals surface area contributed by atoms with Crippen LogP contribution in [0.5, 0.6) is 0 Å². The summed E-state index contributed by atoms with van der Waals surface area (Å²) in [4.78, 5) is 26.8. The van der Waals surface area contributed by atoms with Crippen molar-refractivity contribution < 1.29 is 27.9 Å². The topological polar surface area (TPSA) is 111 Å². The third-order valence-electron chi connectivity index (χ3n) is 5.80. The van der Waals surface area contributed by atoms with Gasteiger partial charge < -0.3 is 14.4 Å². The first-order chi connectivity index (χ1) is 16.9. The van der Waals surface area contributed by atoms with E-state index in [1.807, 2.05) is 61.5 Å². The summed E-state index contributed by atoms with van der Waals surface area (Å²) in [6, 6.07) is 20.0. The smallest absolute Gasteiger partial charge is 0.327 e. The quantitative estimate of drug-likeness (QED) is 0.293. The predicted molar refractivity (Wildman–Crippen MR) is 137 cm³/mol. The first-order valence-corrected chi connectivity index (χ1v) is 12.4. The second-order valence-electron chi connectivity index (χ2n) is 8.11. The highest BCUT2D eigenvalue weighted by atomic mass is 32.2. The van der Waals surface area contributed by atoms with E-state index in [9.17, 15) is 23.5 Å². The van der Waals surface area contributed by atoms with Crippen molar-refractivity contribution in [2.75, 3.05) is 15.7 Å². The van der Waals surface area contributed by atoms with Crippen LogP contribution >= 0.6 is 0 Å². The van der Waals surface area contributed by atoms with Crippen molar-refractivity contribution in [1.29, 1.82) is 0 Å². The third kappa shape index (κ3) is 5.21. The fourth-order valence-corrected chi connectivity index (χ4v) is 4.90. The van der Waals surface area contributed by atoms with Gasteiger partial charge in [-0.05, 0) is 49.2 Å². The van der Waals surface area contributed by atoms with Gasteiger partial charge in [-0.3, -0.25) is 13.7 Å². The van der Waals surface area contributed by atoms with Gasteiger partial charge in [-0.15, -0.1) is 0 Å². The SMILES string of the molecule is CCCN(C(=O)CCC(C(=O)O)N(c1ccc2oc3ccccc3c2c1)S(=O)O)c1ccccc1. The monoisotopic (exact) mass is 494 g/mol. The van der Waals surface area contributed by atoms with Gasteiger partial charge in [-0.25, -0.2) is 9.00 Å². The van der Waals surface area contributed by atoms with Crippen molar-refractivity contribution in [2.24, 2.45) is 0 Å².